The van der Waals surface area contributed by atoms with Crippen LogP contribution in [0.1, 0.15) is 32.8 Å². The van der Waals surface area contributed by atoms with E-state index in [1.165, 1.54) is 17.0 Å². The van der Waals surface area contributed by atoms with Crippen LogP contribution in [0.3, 0.4) is 0 Å². The summed E-state index contributed by atoms with van der Waals surface area (Å²) in [5, 5.41) is 2.90. The van der Waals surface area contributed by atoms with Crippen molar-refractivity contribution >= 4 is 27.7 Å². The molecule has 29 heavy (non-hydrogen) atoms. The summed E-state index contributed by atoms with van der Waals surface area (Å²) in [5.74, 6) is -1.18. The summed E-state index contributed by atoms with van der Waals surface area (Å²) in [5.41, 5.74) is 0.871. The molecule has 1 N–H and O–H groups in total. The summed E-state index contributed by atoms with van der Waals surface area (Å²) in [4.78, 5) is 27.0. The Hall–Kier alpha value is -2.41. The number of para-hydroxylation sites is 1. The number of halogens is 2. The fourth-order valence-electron chi connectivity index (χ4n) is 2.62. The van der Waals surface area contributed by atoms with Crippen LogP contribution in [-0.2, 0) is 16.1 Å². The molecule has 2 rings (SSSR count). The molecule has 2 amide bonds. The normalized spacial score (nSPS) is 12.7. The summed E-state index contributed by atoms with van der Waals surface area (Å²) in [6.07, 6.45) is 0.787. The Morgan fingerprint density at radius 1 is 1.14 bits per heavy atom. The zero-order chi connectivity index (χ0) is 21.4. The smallest absolute Gasteiger partial charge is 0.261 e. The van der Waals surface area contributed by atoms with Gasteiger partial charge in [-0.2, -0.15) is 0 Å². The van der Waals surface area contributed by atoms with E-state index in [9.17, 15) is 14.0 Å². The second-order valence-electron chi connectivity index (χ2n) is 6.86. The van der Waals surface area contributed by atoms with Crippen molar-refractivity contribution < 1.29 is 18.7 Å². The highest BCUT2D eigenvalue weighted by atomic mass is 79.9. The van der Waals surface area contributed by atoms with Gasteiger partial charge in [-0.15, -0.1) is 0 Å². The lowest BCUT2D eigenvalue weighted by Crippen LogP contribution is -2.50. The van der Waals surface area contributed by atoms with Crippen molar-refractivity contribution in [3.63, 3.8) is 0 Å². The molecule has 0 saturated heterocycles. The van der Waals surface area contributed by atoms with Gasteiger partial charge in [0.05, 0.1) is 0 Å². The lowest BCUT2D eigenvalue weighted by molar-refractivity contribution is -0.142. The van der Waals surface area contributed by atoms with E-state index in [4.69, 9.17) is 4.74 Å². The first-order valence-corrected chi connectivity index (χ1v) is 10.3. The molecule has 0 bridgehead atoms. The number of carbonyl (C=O) groups excluding carboxylic acids is 2. The Bertz CT molecular complexity index is 829. The summed E-state index contributed by atoms with van der Waals surface area (Å²) >= 11 is 3.39. The maximum absolute atomic E-state index is 13.8. The van der Waals surface area contributed by atoms with E-state index >= 15 is 0 Å². The van der Waals surface area contributed by atoms with Crippen LogP contribution in [0.25, 0.3) is 0 Å². The number of ether oxygens (including phenoxy) is 1. The van der Waals surface area contributed by atoms with E-state index < -0.39 is 17.8 Å². The molecule has 2 unspecified atom stereocenters. The highest BCUT2D eigenvalue weighted by molar-refractivity contribution is 9.10. The standard InChI is InChI=1S/C22H26BrFN2O3/c1-4-15(2)25-22(28)16(3)26(13-17-9-11-18(23)12-10-17)21(27)14-29-20-8-6-5-7-19(20)24/h5-12,15-16H,4,13-14H2,1-3H3,(H,25,28). The van der Waals surface area contributed by atoms with E-state index in [1.807, 2.05) is 38.1 Å². The number of nitrogens with one attached hydrogen (secondary N) is 1. The third-order valence-electron chi connectivity index (χ3n) is 4.62. The Morgan fingerprint density at radius 2 is 1.79 bits per heavy atom. The van der Waals surface area contributed by atoms with Gasteiger partial charge in [0.25, 0.3) is 5.91 Å². The molecule has 7 heteroatoms. The van der Waals surface area contributed by atoms with Crippen molar-refractivity contribution in [3.05, 3.63) is 64.4 Å². The minimum absolute atomic E-state index is 0.00107. The van der Waals surface area contributed by atoms with Gasteiger partial charge in [-0.25, -0.2) is 4.39 Å². The molecular formula is C22H26BrFN2O3. The van der Waals surface area contributed by atoms with Crippen molar-refractivity contribution in [1.82, 2.24) is 10.2 Å². The Labute approximate surface area is 179 Å². The summed E-state index contributed by atoms with van der Waals surface area (Å²) < 4.78 is 20.1. The first-order valence-electron chi connectivity index (χ1n) is 9.53. The largest absolute Gasteiger partial charge is 0.481 e. The van der Waals surface area contributed by atoms with Crippen LogP contribution in [0.2, 0.25) is 0 Å². The average Bonchev–Trinajstić information content (AvgIpc) is 2.71. The van der Waals surface area contributed by atoms with Crippen LogP contribution in [-0.4, -0.2) is 35.4 Å². The zero-order valence-corrected chi connectivity index (χ0v) is 18.4. The van der Waals surface area contributed by atoms with Crippen molar-refractivity contribution in [2.75, 3.05) is 6.61 Å². The molecule has 156 valence electrons. The molecule has 0 aliphatic rings. The Balaban J connectivity index is 2.15. The minimum atomic E-state index is -0.704. The molecule has 2 aromatic carbocycles. The second kappa shape index (κ2) is 11.0. The van der Waals surface area contributed by atoms with E-state index in [0.29, 0.717) is 0 Å². The molecule has 0 radical (unpaired) electrons. The van der Waals surface area contributed by atoms with Crippen LogP contribution in [0, 0.1) is 5.82 Å². The molecule has 5 nitrogen and oxygen atoms in total. The lowest BCUT2D eigenvalue weighted by Gasteiger charge is -2.29. The van der Waals surface area contributed by atoms with Gasteiger partial charge in [0.15, 0.2) is 18.2 Å². The Morgan fingerprint density at radius 3 is 2.41 bits per heavy atom. The van der Waals surface area contributed by atoms with Crippen molar-refractivity contribution in [1.29, 1.82) is 0 Å². The zero-order valence-electron chi connectivity index (χ0n) is 16.8. The second-order valence-corrected chi connectivity index (χ2v) is 7.78. The topological polar surface area (TPSA) is 58.6 Å². The van der Waals surface area contributed by atoms with Gasteiger partial charge in [0.1, 0.15) is 6.04 Å². The predicted octanol–water partition coefficient (Wildman–Crippen LogP) is 4.30. The van der Waals surface area contributed by atoms with E-state index in [2.05, 4.69) is 21.2 Å². The summed E-state index contributed by atoms with van der Waals surface area (Å²) in [6, 6.07) is 12.7. The molecule has 2 aromatic rings. The summed E-state index contributed by atoms with van der Waals surface area (Å²) in [6.45, 7) is 5.44. The van der Waals surface area contributed by atoms with Gasteiger partial charge in [0, 0.05) is 17.1 Å². The van der Waals surface area contributed by atoms with Crippen LogP contribution in [0.15, 0.2) is 53.0 Å². The maximum Gasteiger partial charge on any atom is 0.261 e. The minimum Gasteiger partial charge on any atom is -0.481 e. The predicted molar refractivity (Wildman–Crippen MR) is 114 cm³/mol. The Kier molecular flexibility index (Phi) is 8.64. The molecule has 0 aliphatic heterocycles. The molecule has 0 fully saturated rings. The third kappa shape index (κ3) is 6.85. The van der Waals surface area contributed by atoms with Crippen molar-refractivity contribution in [2.24, 2.45) is 0 Å². The monoisotopic (exact) mass is 464 g/mol. The molecule has 2 atom stereocenters. The van der Waals surface area contributed by atoms with Gasteiger partial charge in [-0.05, 0) is 50.1 Å². The van der Waals surface area contributed by atoms with Crippen molar-refractivity contribution in [2.45, 2.75) is 45.8 Å². The van der Waals surface area contributed by atoms with Gasteiger partial charge in [-0.1, -0.05) is 47.1 Å². The first-order chi connectivity index (χ1) is 13.8. The molecule has 0 saturated carbocycles. The molecule has 0 heterocycles. The number of nitrogens with zero attached hydrogens (tertiary/aromatic N) is 1. The third-order valence-corrected chi connectivity index (χ3v) is 5.15. The highest BCUT2D eigenvalue weighted by Crippen LogP contribution is 2.17. The SMILES string of the molecule is CCC(C)NC(=O)C(C)N(Cc1ccc(Br)cc1)C(=O)COc1ccccc1F. The number of hydrogen-bond donors (Lipinski definition) is 1. The fourth-order valence-corrected chi connectivity index (χ4v) is 2.88. The number of hydrogen-bond acceptors (Lipinski definition) is 3. The van der Waals surface area contributed by atoms with Gasteiger partial charge < -0.3 is 15.0 Å². The number of rotatable bonds is 9. The molecule has 0 spiro atoms. The number of benzene rings is 2. The van der Waals surface area contributed by atoms with Crippen molar-refractivity contribution in [3.8, 4) is 5.75 Å². The number of amides is 2. The number of carbonyl (C=O) groups is 2. The highest BCUT2D eigenvalue weighted by Gasteiger charge is 2.27. The van der Waals surface area contributed by atoms with Gasteiger partial charge in [0.2, 0.25) is 5.91 Å². The first kappa shape index (κ1) is 22.9. The van der Waals surface area contributed by atoms with Crippen LogP contribution in [0.5, 0.6) is 5.75 Å². The van der Waals surface area contributed by atoms with E-state index in [-0.39, 0.29) is 30.9 Å². The lowest BCUT2D eigenvalue weighted by atomic mass is 10.1. The van der Waals surface area contributed by atoms with E-state index in [1.54, 1.807) is 19.1 Å². The van der Waals surface area contributed by atoms with E-state index in [0.717, 1.165) is 16.5 Å². The molecule has 0 aromatic heterocycles. The fraction of sp³-hybridized carbons (Fsp3) is 0.364. The van der Waals surface area contributed by atoms with Gasteiger partial charge in [-0.3, -0.25) is 9.59 Å². The maximum atomic E-state index is 13.8. The summed E-state index contributed by atoms with van der Waals surface area (Å²) in [7, 11) is 0. The average molecular weight is 465 g/mol. The van der Waals surface area contributed by atoms with Crippen LogP contribution >= 0.6 is 15.9 Å². The van der Waals surface area contributed by atoms with Crippen LogP contribution < -0.4 is 10.1 Å². The quantitative estimate of drug-likeness (QED) is 0.601. The molecule has 0 aliphatic carbocycles. The van der Waals surface area contributed by atoms with Gasteiger partial charge >= 0.3 is 0 Å². The molecular weight excluding hydrogens is 439 g/mol. The van der Waals surface area contributed by atoms with Crippen LogP contribution in [0.4, 0.5) is 4.39 Å².